The predicted molar refractivity (Wildman–Crippen MR) is 78.3 cm³/mol. The van der Waals surface area contributed by atoms with Crippen molar-refractivity contribution < 1.29 is 4.74 Å². The third-order valence-electron chi connectivity index (χ3n) is 4.27. The molecule has 2 N–H and O–H groups in total. The molecule has 0 radical (unpaired) electrons. The van der Waals surface area contributed by atoms with E-state index in [1.54, 1.807) is 5.57 Å². The van der Waals surface area contributed by atoms with Gasteiger partial charge in [0.05, 0.1) is 0 Å². The number of allylic oxidation sites excluding steroid dienone is 2. The van der Waals surface area contributed by atoms with E-state index in [0.29, 0.717) is 12.0 Å². The summed E-state index contributed by atoms with van der Waals surface area (Å²) in [4.78, 5) is 0. The Morgan fingerprint density at radius 1 is 1.44 bits per heavy atom. The van der Waals surface area contributed by atoms with E-state index in [9.17, 15) is 0 Å². The van der Waals surface area contributed by atoms with Crippen molar-refractivity contribution in [2.24, 2.45) is 17.1 Å². The highest BCUT2D eigenvalue weighted by Gasteiger charge is 2.30. The van der Waals surface area contributed by atoms with Crippen molar-refractivity contribution in [3.63, 3.8) is 0 Å². The van der Waals surface area contributed by atoms with Crippen molar-refractivity contribution in [2.75, 3.05) is 6.61 Å². The molecule has 2 nitrogen and oxygen atoms in total. The van der Waals surface area contributed by atoms with Crippen molar-refractivity contribution >= 4 is 0 Å². The first-order valence-electron chi connectivity index (χ1n) is 7.60. The minimum atomic E-state index is -0.0905. The molecule has 3 unspecified atom stereocenters. The summed E-state index contributed by atoms with van der Waals surface area (Å²) in [6.45, 7) is 9.70. The second-order valence-electron chi connectivity index (χ2n) is 6.03. The summed E-state index contributed by atoms with van der Waals surface area (Å²) in [5.74, 6) is 0.860. The normalized spacial score (nSPS) is 30.1. The fourth-order valence-corrected chi connectivity index (χ4v) is 3.19. The molecule has 0 aliphatic heterocycles. The molecule has 18 heavy (non-hydrogen) atoms. The molecule has 3 atom stereocenters. The van der Waals surface area contributed by atoms with Crippen LogP contribution in [0.15, 0.2) is 11.6 Å². The van der Waals surface area contributed by atoms with Crippen LogP contribution in [0.2, 0.25) is 0 Å². The zero-order chi connectivity index (χ0) is 13.6. The van der Waals surface area contributed by atoms with E-state index in [4.69, 9.17) is 10.5 Å². The fraction of sp³-hybridized carbons (Fsp3) is 0.875. The summed E-state index contributed by atoms with van der Waals surface area (Å²) in [5, 5.41) is 0. The highest BCUT2D eigenvalue weighted by molar-refractivity contribution is 5.14. The van der Waals surface area contributed by atoms with Gasteiger partial charge in [0.25, 0.3) is 0 Å². The predicted octanol–water partition coefficient (Wildman–Crippen LogP) is 4.25. The van der Waals surface area contributed by atoms with E-state index >= 15 is 0 Å². The van der Waals surface area contributed by atoms with Crippen LogP contribution >= 0.6 is 0 Å². The van der Waals surface area contributed by atoms with Gasteiger partial charge in [-0.25, -0.2) is 0 Å². The average Bonchev–Trinajstić information content (AvgIpc) is 2.36. The Labute approximate surface area is 113 Å². The Morgan fingerprint density at radius 3 is 2.72 bits per heavy atom. The molecule has 0 aromatic carbocycles. The van der Waals surface area contributed by atoms with Crippen LogP contribution in [0.4, 0.5) is 0 Å². The zero-order valence-electron chi connectivity index (χ0n) is 12.7. The van der Waals surface area contributed by atoms with Gasteiger partial charge in [0.15, 0.2) is 0 Å². The topological polar surface area (TPSA) is 35.2 Å². The maximum Gasteiger partial charge on any atom is 0.105 e. The fourth-order valence-electron chi connectivity index (χ4n) is 3.19. The molecule has 1 aliphatic carbocycles. The largest absolute Gasteiger partial charge is 0.364 e. The number of hydrogen-bond donors (Lipinski definition) is 1. The standard InChI is InChI=1S/C16H31NO/c1-5-13-10-14(6-2)12-16(4,11-13)9-8-15(17)18-7-3/h11,14-15H,5-10,12,17H2,1-4H3. The maximum absolute atomic E-state index is 5.95. The van der Waals surface area contributed by atoms with E-state index in [0.717, 1.165) is 18.8 Å². The number of rotatable bonds is 7. The SMILES string of the molecule is CCOC(N)CCC1(C)C=C(CC)CC(CC)C1. The molecule has 0 bridgehead atoms. The Morgan fingerprint density at radius 2 is 2.17 bits per heavy atom. The van der Waals surface area contributed by atoms with Gasteiger partial charge in [-0.1, -0.05) is 38.8 Å². The first kappa shape index (κ1) is 15.7. The van der Waals surface area contributed by atoms with Crippen molar-refractivity contribution in [3.05, 3.63) is 11.6 Å². The Hall–Kier alpha value is -0.340. The zero-order valence-corrected chi connectivity index (χ0v) is 12.7. The average molecular weight is 253 g/mol. The Balaban J connectivity index is 2.59. The molecular weight excluding hydrogens is 222 g/mol. The Kier molecular flexibility index (Phi) is 6.37. The third-order valence-corrected chi connectivity index (χ3v) is 4.27. The van der Waals surface area contributed by atoms with Crippen LogP contribution in [0.1, 0.15) is 66.2 Å². The third kappa shape index (κ3) is 4.74. The molecule has 0 heterocycles. The summed E-state index contributed by atoms with van der Waals surface area (Å²) < 4.78 is 5.44. The lowest BCUT2D eigenvalue weighted by Gasteiger charge is -2.37. The Bertz CT molecular complexity index is 274. The van der Waals surface area contributed by atoms with E-state index in [1.807, 2.05) is 6.92 Å². The molecular formula is C16H31NO. The van der Waals surface area contributed by atoms with Crippen LogP contribution in [0.5, 0.6) is 0 Å². The van der Waals surface area contributed by atoms with Gasteiger partial charge in [0.1, 0.15) is 6.23 Å². The van der Waals surface area contributed by atoms with E-state index in [2.05, 4.69) is 26.8 Å². The summed E-state index contributed by atoms with van der Waals surface area (Å²) >= 11 is 0. The molecule has 0 fully saturated rings. The molecule has 1 aliphatic rings. The van der Waals surface area contributed by atoms with Crippen LogP contribution in [0.25, 0.3) is 0 Å². The summed E-state index contributed by atoms with van der Waals surface area (Å²) in [5.41, 5.74) is 7.92. The van der Waals surface area contributed by atoms with Crippen molar-refractivity contribution in [1.82, 2.24) is 0 Å². The van der Waals surface area contributed by atoms with Gasteiger partial charge in [0, 0.05) is 6.61 Å². The lowest BCUT2D eigenvalue weighted by molar-refractivity contribution is 0.0514. The van der Waals surface area contributed by atoms with E-state index in [1.165, 1.54) is 25.7 Å². The molecule has 2 heteroatoms. The first-order valence-corrected chi connectivity index (χ1v) is 7.60. The minimum absolute atomic E-state index is 0.0905. The smallest absolute Gasteiger partial charge is 0.105 e. The van der Waals surface area contributed by atoms with Crippen molar-refractivity contribution in [2.45, 2.75) is 72.4 Å². The molecule has 0 aromatic heterocycles. The quantitative estimate of drug-likeness (QED) is 0.544. The lowest BCUT2D eigenvalue weighted by Crippen LogP contribution is -2.29. The van der Waals surface area contributed by atoms with E-state index < -0.39 is 0 Å². The van der Waals surface area contributed by atoms with Gasteiger partial charge in [-0.2, -0.15) is 0 Å². The molecule has 0 saturated carbocycles. The maximum atomic E-state index is 5.95. The van der Waals surface area contributed by atoms with Gasteiger partial charge in [0.2, 0.25) is 0 Å². The molecule has 0 aromatic rings. The summed E-state index contributed by atoms with van der Waals surface area (Å²) in [6.07, 6.45) is 9.66. The van der Waals surface area contributed by atoms with E-state index in [-0.39, 0.29) is 6.23 Å². The van der Waals surface area contributed by atoms with Crippen LogP contribution in [0.3, 0.4) is 0 Å². The second-order valence-corrected chi connectivity index (χ2v) is 6.03. The number of hydrogen-bond acceptors (Lipinski definition) is 2. The summed E-state index contributed by atoms with van der Waals surface area (Å²) in [7, 11) is 0. The monoisotopic (exact) mass is 253 g/mol. The molecule has 0 saturated heterocycles. The lowest BCUT2D eigenvalue weighted by atomic mass is 9.69. The number of ether oxygens (including phenoxy) is 1. The van der Waals surface area contributed by atoms with Crippen LogP contribution in [0, 0.1) is 11.3 Å². The van der Waals surface area contributed by atoms with Gasteiger partial charge in [-0.05, 0) is 50.4 Å². The second kappa shape index (κ2) is 7.30. The van der Waals surface area contributed by atoms with Crippen LogP contribution in [-0.4, -0.2) is 12.8 Å². The van der Waals surface area contributed by atoms with Gasteiger partial charge in [-0.3, -0.25) is 0 Å². The molecule has 106 valence electrons. The highest BCUT2D eigenvalue weighted by Crippen LogP contribution is 2.42. The molecule has 0 spiro atoms. The van der Waals surface area contributed by atoms with Crippen LogP contribution < -0.4 is 5.73 Å². The summed E-state index contributed by atoms with van der Waals surface area (Å²) in [6, 6.07) is 0. The number of nitrogens with two attached hydrogens (primary N) is 1. The van der Waals surface area contributed by atoms with Gasteiger partial charge in [-0.15, -0.1) is 0 Å². The molecule has 1 rings (SSSR count). The minimum Gasteiger partial charge on any atom is -0.364 e. The van der Waals surface area contributed by atoms with Crippen LogP contribution in [-0.2, 0) is 4.74 Å². The van der Waals surface area contributed by atoms with Gasteiger partial charge >= 0.3 is 0 Å². The van der Waals surface area contributed by atoms with Crippen molar-refractivity contribution in [1.29, 1.82) is 0 Å². The highest BCUT2D eigenvalue weighted by atomic mass is 16.5. The van der Waals surface area contributed by atoms with Crippen molar-refractivity contribution in [3.8, 4) is 0 Å². The first-order chi connectivity index (χ1) is 8.53. The van der Waals surface area contributed by atoms with Gasteiger partial charge < -0.3 is 10.5 Å². The molecule has 0 amide bonds.